The highest BCUT2D eigenvalue weighted by molar-refractivity contribution is 7.03. The SMILES string of the molecule is CC(C)c1ccc(N2c3ccc(C(C)C)cc3B3c4cc(C(C)C)ccc4N(c4ccc(C(C)C)cc4)c4c3c2c2c3c4N(c4ccc(C(C)C)cc4)c4ccc(C(C)C)cc4B3c3cc(C(C)C)ccc3N2c2ccc(C(C)C)cc2)cc1. The van der Waals surface area contributed by atoms with E-state index >= 15 is 0 Å². The first-order valence-electron chi connectivity index (χ1n) is 31.7. The Morgan fingerprint density at radius 1 is 0.214 bits per heavy atom. The highest BCUT2D eigenvalue weighted by atomic mass is 15.3. The lowest BCUT2D eigenvalue weighted by Gasteiger charge is -2.52. The van der Waals surface area contributed by atoms with Crippen LogP contribution in [0.25, 0.3) is 0 Å². The van der Waals surface area contributed by atoms with E-state index in [0.717, 1.165) is 22.7 Å². The van der Waals surface area contributed by atoms with Gasteiger partial charge in [-0.3, -0.25) is 0 Å². The van der Waals surface area contributed by atoms with Crippen molar-refractivity contribution in [1.29, 1.82) is 0 Å². The number of rotatable bonds is 12. The molecule has 0 N–H and O–H groups in total. The second-order valence-corrected chi connectivity index (χ2v) is 27.3. The molecule has 0 spiro atoms. The van der Waals surface area contributed by atoms with Crippen molar-refractivity contribution in [3.05, 3.63) is 214 Å². The third-order valence-corrected chi connectivity index (χ3v) is 19.3. The van der Waals surface area contributed by atoms with Crippen LogP contribution in [0.1, 0.15) is 203 Å². The van der Waals surface area contributed by atoms with E-state index in [1.54, 1.807) is 0 Å². The fourth-order valence-electron chi connectivity index (χ4n) is 14.2. The predicted molar refractivity (Wildman–Crippen MR) is 367 cm³/mol. The molecule has 13 rings (SSSR count). The summed E-state index contributed by atoms with van der Waals surface area (Å²) in [6, 6.07) is 68.4. The molecule has 0 saturated heterocycles. The van der Waals surface area contributed by atoms with Gasteiger partial charge in [-0.05, 0) is 197 Å². The number of fused-ring (bicyclic) bond motifs is 10. The van der Waals surface area contributed by atoms with E-state index in [1.165, 1.54) is 123 Å². The summed E-state index contributed by atoms with van der Waals surface area (Å²) in [5.41, 5.74) is 33.4. The Kier molecular flexibility index (Phi) is 14.0. The molecule has 0 radical (unpaired) electrons. The summed E-state index contributed by atoms with van der Waals surface area (Å²) in [7, 11) is 0. The molecule has 9 aromatic carbocycles. The molecule has 0 bridgehead atoms. The third-order valence-electron chi connectivity index (χ3n) is 19.3. The Balaban J connectivity index is 1.31. The van der Waals surface area contributed by atoms with Gasteiger partial charge in [0, 0.05) is 45.5 Å². The Labute approximate surface area is 503 Å². The molecular formula is C78H84B2N4. The van der Waals surface area contributed by atoms with Gasteiger partial charge < -0.3 is 19.6 Å². The lowest BCUT2D eigenvalue weighted by atomic mass is 9.30. The molecule has 422 valence electrons. The summed E-state index contributed by atoms with van der Waals surface area (Å²) < 4.78 is 0. The zero-order chi connectivity index (χ0) is 58.9. The highest BCUT2D eigenvalue weighted by Crippen LogP contribution is 2.57. The maximum atomic E-state index is 2.72. The molecule has 0 unspecified atom stereocenters. The van der Waals surface area contributed by atoms with E-state index in [0.29, 0.717) is 47.3 Å². The maximum absolute atomic E-state index is 2.72. The van der Waals surface area contributed by atoms with E-state index in [-0.39, 0.29) is 13.4 Å². The summed E-state index contributed by atoms with van der Waals surface area (Å²) >= 11 is 0. The molecule has 4 nitrogen and oxygen atoms in total. The average molecular weight is 1100 g/mol. The minimum Gasteiger partial charge on any atom is -0.309 e. The predicted octanol–water partition coefficient (Wildman–Crippen LogP) is 18.8. The van der Waals surface area contributed by atoms with Gasteiger partial charge in [0.05, 0.1) is 22.7 Å². The van der Waals surface area contributed by atoms with Crippen molar-refractivity contribution in [2.45, 2.75) is 158 Å². The third kappa shape index (κ3) is 8.86. The van der Waals surface area contributed by atoms with Crippen molar-refractivity contribution in [3.63, 3.8) is 0 Å². The Morgan fingerprint density at radius 2 is 0.381 bits per heavy atom. The Bertz CT molecular complexity index is 3480. The zero-order valence-electron chi connectivity index (χ0n) is 52.7. The van der Waals surface area contributed by atoms with Crippen LogP contribution in [0.4, 0.5) is 68.2 Å². The fourth-order valence-corrected chi connectivity index (χ4v) is 14.2. The van der Waals surface area contributed by atoms with Gasteiger partial charge in [-0.1, -0.05) is 208 Å². The molecule has 0 saturated carbocycles. The van der Waals surface area contributed by atoms with Crippen molar-refractivity contribution in [2.24, 2.45) is 0 Å². The fraction of sp³-hybridized carbons (Fsp3) is 0.308. The van der Waals surface area contributed by atoms with Gasteiger partial charge in [0.25, 0.3) is 13.4 Å². The van der Waals surface area contributed by atoms with Crippen LogP contribution < -0.4 is 52.4 Å². The largest absolute Gasteiger partial charge is 0.309 e. The van der Waals surface area contributed by atoms with E-state index in [2.05, 4.69) is 300 Å². The number of hydrogen-bond acceptors (Lipinski definition) is 4. The summed E-state index contributed by atoms with van der Waals surface area (Å²) in [6.45, 7) is 37.1. The summed E-state index contributed by atoms with van der Waals surface area (Å²) in [4.78, 5) is 10.9. The van der Waals surface area contributed by atoms with Crippen LogP contribution in [0.5, 0.6) is 0 Å². The van der Waals surface area contributed by atoms with Gasteiger partial charge >= 0.3 is 0 Å². The first-order valence-corrected chi connectivity index (χ1v) is 31.7. The van der Waals surface area contributed by atoms with Gasteiger partial charge in [-0.2, -0.15) is 0 Å². The summed E-state index contributed by atoms with van der Waals surface area (Å²) in [5.74, 6) is 2.87. The van der Waals surface area contributed by atoms with Gasteiger partial charge in [0.1, 0.15) is 0 Å². The average Bonchev–Trinajstić information content (AvgIpc) is 0.846. The topological polar surface area (TPSA) is 13.0 Å². The lowest BCUT2D eigenvalue weighted by molar-refractivity contribution is 0.865. The molecule has 9 aromatic rings. The Morgan fingerprint density at radius 3 is 0.548 bits per heavy atom. The molecule has 6 heteroatoms. The molecule has 0 amide bonds. The normalized spacial score (nSPS) is 14.0. The van der Waals surface area contributed by atoms with E-state index in [4.69, 9.17) is 0 Å². The minimum atomic E-state index is -0.125. The van der Waals surface area contributed by atoms with Crippen molar-refractivity contribution in [2.75, 3.05) is 19.6 Å². The number of nitrogens with zero attached hydrogens (tertiary/aromatic N) is 4. The first kappa shape index (κ1) is 55.5. The second kappa shape index (κ2) is 21.1. The monoisotopic (exact) mass is 1100 g/mol. The van der Waals surface area contributed by atoms with Crippen molar-refractivity contribution in [1.82, 2.24) is 0 Å². The molecule has 4 aliphatic heterocycles. The number of anilines is 12. The molecule has 84 heavy (non-hydrogen) atoms. The zero-order valence-corrected chi connectivity index (χ0v) is 52.7. The van der Waals surface area contributed by atoms with Crippen molar-refractivity contribution >= 4 is 114 Å². The second-order valence-electron chi connectivity index (χ2n) is 27.3. The van der Waals surface area contributed by atoms with Crippen LogP contribution in [-0.2, 0) is 0 Å². The Hall–Kier alpha value is -7.69. The molecule has 4 aliphatic rings. The van der Waals surface area contributed by atoms with Gasteiger partial charge in [-0.25, -0.2) is 0 Å². The molecular weight excluding hydrogens is 1010 g/mol. The van der Waals surface area contributed by atoms with Gasteiger partial charge in [0.2, 0.25) is 0 Å². The van der Waals surface area contributed by atoms with Gasteiger partial charge in [-0.15, -0.1) is 0 Å². The quantitative estimate of drug-likeness (QED) is 0.113. The van der Waals surface area contributed by atoms with E-state index < -0.39 is 0 Å². The van der Waals surface area contributed by atoms with Crippen molar-refractivity contribution in [3.8, 4) is 0 Å². The van der Waals surface area contributed by atoms with Crippen LogP contribution in [0.3, 0.4) is 0 Å². The summed E-state index contributed by atoms with van der Waals surface area (Å²) in [6.07, 6.45) is 0. The standard InChI is InChI=1S/C78H84B2N4/c1-45(2)53-17-29-61(30-18-53)81-69-37-25-57(49(9)10)41-65(69)79-66-42-58(50(11)12)27-39-71(66)83(63-33-21-55(22-34-63)47(5)6)77-73(79)75(81)76-74-78(77)84(64-35-23-56(24-36-64)48(7)8)72-40-28-60(52(15)16)44-68(72)80(74)67-43-59(51(13)14)26-38-70(67)82(76)62-31-19-54(20-32-62)46(3)4/h17-52H,1-16H3. The molecule has 0 aliphatic carbocycles. The van der Waals surface area contributed by atoms with Crippen LogP contribution in [0.2, 0.25) is 0 Å². The molecule has 0 fully saturated rings. The van der Waals surface area contributed by atoms with E-state index in [1.807, 2.05) is 0 Å². The minimum absolute atomic E-state index is 0.125. The number of benzene rings is 9. The first-order chi connectivity index (χ1) is 40.3. The van der Waals surface area contributed by atoms with Crippen molar-refractivity contribution < 1.29 is 0 Å². The summed E-state index contributed by atoms with van der Waals surface area (Å²) in [5, 5.41) is 0. The lowest BCUT2D eigenvalue weighted by Crippen LogP contribution is -2.66. The maximum Gasteiger partial charge on any atom is 0.252 e. The number of hydrogen-bond donors (Lipinski definition) is 0. The smallest absolute Gasteiger partial charge is 0.252 e. The van der Waals surface area contributed by atoms with Crippen LogP contribution >= 0.6 is 0 Å². The van der Waals surface area contributed by atoms with Gasteiger partial charge in [0.15, 0.2) is 0 Å². The van der Waals surface area contributed by atoms with Crippen LogP contribution in [-0.4, -0.2) is 13.4 Å². The molecule has 0 aromatic heterocycles. The molecule has 0 atom stereocenters. The molecule has 4 heterocycles. The van der Waals surface area contributed by atoms with Crippen LogP contribution in [0.15, 0.2) is 170 Å². The highest BCUT2D eigenvalue weighted by Gasteiger charge is 2.54. The van der Waals surface area contributed by atoms with Crippen LogP contribution in [0, 0.1) is 0 Å². The van der Waals surface area contributed by atoms with E-state index in [9.17, 15) is 0 Å².